The van der Waals surface area contributed by atoms with Crippen LogP contribution in [0.25, 0.3) is 0 Å². The molecule has 1 rings (SSSR count). The normalized spacial score (nSPS) is 14.9. The smallest absolute Gasteiger partial charge is 0.323 e. The first kappa shape index (κ1) is 11.7. The van der Waals surface area contributed by atoms with Gasteiger partial charge < -0.3 is 15.9 Å². The van der Waals surface area contributed by atoms with Gasteiger partial charge in [0.05, 0.1) is 5.69 Å². The summed E-state index contributed by atoms with van der Waals surface area (Å²) in [6.07, 6.45) is 1.14. The molecule has 1 aromatic heterocycles. The third-order valence-electron chi connectivity index (χ3n) is 2.11. The summed E-state index contributed by atoms with van der Waals surface area (Å²) in [7, 11) is 0. The quantitative estimate of drug-likeness (QED) is 0.625. The average Bonchev–Trinajstić information content (AvgIpc) is 2.64. The number of aliphatic carboxylic acids is 1. The summed E-state index contributed by atoms with van der Waals surface area (Å²) in [6, 6.07) is 0.251. The molecule has 6 nitrogen and oxygen atoms in total. The van der Waals surface area contributed by atoms with Crippen LogP contribution >= 0.6 is 0 Å². The van der Waals surface area contributed by atoms with Crippen molar-refractivity contribution in [1.82, 2.24) is 9.78 Å². The second-order valence-electron chi connectivity index (χ2n) is 3.29. The van der Waals surface area contributed by atoms with Crippen LogP contribution in [0.1, 0.15) is 25.1 Å². The number of hydrogen-bond acceptors (Lipinski definition) is 4. The van der Waals surface area contributed by atoms with Gasteiger partial charge >= 0.3 is 5.97 Å². The minimum atomic E-state index is -1.32. The van der Waals surface area contributed by atoms with Gasteiger partial charge in [0.1, 0.15) is 12.1 Å². The van der Waals surface area contributed by atoms with E-state index in [0.29, 0.717) is 12.2 Å². The van der Waals surface area contributed by atoms with Gasteiger partial charge in [-0.15, -0.1) is 0 Å². The molecule has 0 spiro atoms. The SMILES string of the molecule is CCCn1nccc1C(O)C(N)C(=O)O. The Labute approximate surface area is 87.3 Å². The largest absolute Gasteiger partial charge is 0.480 e. The van der Waals surface area contributed by atoms with Gasteiger partial charge in [-0.05, 0) is 12.5 Å². The monoisotopic (exact) mass is 213 g/mol. The lowest BCUT2D eigenvalue weighted by molar-refractivity contribution is -0.141. The fraction of sp³-hybridized carbons (Fsp3) is 0.556. The topological polar surface area (TPSA) is 101 Å². The summed E-state index contributed by atoms with van der Waals surface area (Å²) in [5, 5.41) is 22.3. The van der Waals surface area contributed by atoms with E-state index in [2.05, 4.69) is 5.10 Å². The van der Waals surface area contributed by atoms with Gasteiger partial charge in [-0.25, -0.2) is 0 Å². The number of carbonyl (C=O) groups is 1. The molecule has 0 aliphatic rings. The number of carboxylic acid groups (broad SMARTS) is 1. The minimum absolute atomic E-state index is 0.437. The second kappa shape index (κ2) is 4.90. The van der Waals surface area contributed by atoms with E-state index in [4.69, 9.17) is 10.8 Å². The maximum Gasteiger partial charge on any atom is 0.323 e. The third-order valence-corrected chi connectivity index (χ3v) is 2.11. The molecule has 84 valence electrons. The first-order valence-corrected chi connectivity index (χ1v) is 4.76. The van der Waals surface area contributed by atoms with E-state index in [-0.39, 0.29) is 0 Å². The van der Waals surface area contributed by atoms with Crippen LogP contribution in [0.2, 0.25) is 0 Å². The average molecular weight is 213 g/mol. The summed E-state index contributed by atoms with van der Waals surface area (Å²) in [4.78, 5) is 10.6. The number of aryl methyl sites for hydroxylation is 1. The zero-order chi connectivity index (χ0) is 11.4. The van der Waals surface area contributed by atoms with Gasteiger partial charge in [-0.3, -0.25) is 9.48 Å². The number of carboxylic acids is 1. The van der Waals surface area contributed by atoms with Crippen LogP contribution in [0.3, 0.4) is 0 Å². The molecule has 0 fully saturated rings. The first-order valence-electron chi connectivity index (χ1n) is 4.76. The van der Waals surface area contributed by atoms with Gasteiger partial charge in [-0.1, -0.05) is 6.92 Å². The third kappa shape index (κ3) is 2.54. The molecule has 0 aromatic carbocycles. The molecule has 0 radical (unpaired) electrons. The summed E-state index contributed by atoms with van der Waals surface area (Å²) >= 11 is 0. The van der Waals surface area contributed by atoms with Crippen LogP contribution < -0.4 is 5.73 Å². The molecule has 0 saturated heterocycles. The Morgan fingerprint density at radius 1 is 1.73 bits per heavy atom. The van der Waals surface area contributed by atoms with Crippen molar-refractivity contribution in [2.24, 2.45) is 5.73 Å². The van der Waals surface area contributed by atoms with Crippen LogP contribution in [0.4, 0.5) is 0 Å². The fourth-order valence-corrected chi connectivity index (χ4v) is 1.31. The fourth-order valence-electron chi connectivity index (χ4n) is 1.31. The number of aliphatic hydroxyl groups is 1. The lowest BCUT2D eigenvalue weighted by Gasteiger charge is -2.16. The van der Waals surface area contributed by atoms with Gasteiger partial charge in [0, 0.05) is 12.7 Å². The lowest BCUT2D eigenvalue weighted by Crippen LogP contribution is -2.37. The number of aromatic nitrogens is 2. The van der Waals surface area contributed by atoms with Crippen molar-refractivity contribution < 1.29 is 15.0 Å². The molecule has 0 aliphatic heterocycles. The minimum Gasteiger partial charge on any atom is -0.480 e. The molecule has 1 aromatic rings. The van der Waals surface area contributed by atoms with E-state index in [0.717, 1.165) is 6.42 Å². The molecule has 4 N–H and O–H groups in total. The van der Waals surface area contributed by atoms with Crippen LogP contribution in [-0.2, 0) is 11.3 Å². The maximum absolute atomic E-state index is 10.6. The van der Waals surface area contributed by atoms with Crippen molar-refractivity contribution in [3.05, 3.63) is 18.0 Å². The van der Waals surface area contributed by atoms with Crippen molar-refractivity contribution >= 4 is 5.97 Å². The highest BCUT2D eigenvalue weighted by molar-refractivity contribution is 5.74. The van der Waals surface area contributed by atoms with Gasteiger partial charge in [0.15, 0.2) is 0 Å². The van der Waals surface area contributed by atoms with Crippen molar-refractivity contribution in [2.45, 2.75) is 32.0 Å². The van der Waals surface area contributed by atoms with Crippen molar-refractivity contribution in [3.8, 4) is 0 Å². The number of hydrogen-bond donors (Lipinski definition) is 3. The van der Waals surface area contributed by atoms with E-state index in [1.807, 2.05) is 6.92 Å². The molecule has 0 amide bonds. The lowest BCUT2D eigenvalue weighted by atomic mass is 10.1. The number of nitrogens with two attached hydrogens (primary N) is 1. The van der Waals surface area contributed by atoms with Crippen LogP contribution in [-0.4, -0.2) is 32.0 Å². The van der Waals surface area contributed by atoms with Crippen molar-refractivity contribution in [3.63, 3.8) is 0 Å². The van der Waals surface area contributed by atoms with Crippen molar-refractivity contribution in [1.29, 1.82) is 0 Å². The Balaban J connectivity index is 2.85. The molecular weight excluding hydrogens is 198 g/mol. The highest BCUT2D eigenvalue weighted by atomic mass is 16.4. The standard InChI is InChI=1S/C9H15N3O3/c1-2-5-12-6(3-4-11-12)8(13)7(10)9(14)15/h3-4,7-8,13H,2,5,10H2,1H3,(H,14,15). The van der Waals surface area contributed by atoms with Crippen molar-refractivity contribution in [2.75, 3.05) is 0 Å². The maximum atomic E-state index is 10.6. The first-order chi connectivity index (χ1) is 7.07. The van der Waals surface area contributed by atoms with E-state index >= 15 is 0 Å². The Hall–Kier alpha value is -1.40. The number of nitrogens with zero attached hydrogens (tertiary/aromatic N) is 2. The summed E-state index contributed by atoms with van der Waals surface area (Å²) in [6.45, 7) is 2.60. The Morgan fingerprint density at radius 2 is 2.40 bits per heavy atom. The number of rotatable bonds is 5. The van der Waals surface area contributed by atoms with Crippen LogP contribution in [0.15, 0.2) is 12.3 Å². The van der Waals surface area contributed by atoms with E-state index in [1.165, 1.54) is 6.20 Å². The predicted octanol–water partition coefficient (Wildman–Crippen LogP) is -0.262. The van der Waals surface area contributed by atoms with E-state index in [1.54, 1.807) is 10.7 Å². The second-order valence-corrected chi connectivity index (χ2v) is 3.29. The van der Waals surface area contributed by atoms with E-state index < -0.39 is 18.1 Å². The summed E-state index contributed by atoms with van der Waals surface area (Å²) in [5.74, 6) is -1.23. The molecule has 0 bridgehead atoms. The highest BCUT2D eigenvalue weighted by Gasteiger charge is 2.26. The molecule has 2 atom stereocenters. The van der Waals surface area contributed by atoms with Gasteiger partial charge in [-0.2, -0.15) is 5.10 Å². The molecular formula is C9H15N3O3. The van der Waals surface area contributed by atoms with Gasteiger partial charge in [0.2, 0.25) is 0 Å². The highest BCUT2D eigenvalue weighted by Crippen LogP contribution is 2.15. The Bertz CT molecular complexity index is 337. The molecule has 0 saturated carbocycles. The van der Waals surface area contributed by atoms with Crippen LogP contribution in [0, 0.1) is 0 Å². The Kier molecular flexibility index (Phi) is 3.81. The van der Waals surface area contributed by atoms with E-state index in [9.17, 15) is 9.90 Å². The Morgan fingerprint density at radius 3 is 2.93 bits per heavy atom. The summed E-state index contributed by atoms with van der Waals surface area (Å²) in [5.41, 5.74) is 5.76. The molecule has 6 heteroatoms. The van der Waals surface area contributed by atoms with Gasteiger partial charge in [0.25, 0.3) is 0 Å². The zero-order valence-electron chi connectivity index (χ0n) is 8.50. The molecule has 1 heterocycles. The number of aliphatic hydroxyl groups excluding tert-OH is 1. The zero-order valence-corrected chi connectivity index (χ0v) is 8.50. The predicted molar refractivity (Wildman–Crippen MR) is 53.1 cm³/mol. The summed E-state index contributed by atoms with van der Waals surface area (Å²) < 4.78 is 1.56. The molecule has 0 aliphatic carbocycles. The molecule has 15 heavy (non-hydrogen) atoms. The van der Waals surface area contributed by atoms with Crippen LogP contribution in [0.5, 0.6) is 0 Å². The molecule has 2 unspecified atom stereocenters.